The average Bonchev–Trinajstić information content (AvgIpc) is 2.08. The molecular weight excluding hydrogens is 239 g/mol. The molecule has 6 heteroatoms. The van der Waals surface area contributed by atoms with Crippen LogP contribution in [0.2, 0.25) is 0 Å². The van der Waals surface area contributed by atoms with Crippen LogP contribution >= 0.6 is 15.9 Å². The molecule has 0 radical (unpaired) electrons. The van der Waals surface area contributed by atoms with Gasteiger partial charge in [-0.05, 0) is 28.9 Å². The van der Waals surface area contributed by atoms with Gasteiger partial charge in [0.25, 0.3) is 5.09 Å². The van der Waals surface area contributed by atoms with E-state index >= 15 is 0 Å². The van der Waals surface area contributed by atoms with Gasteiger partial charge in [-0.25, -0.2) is 0 Å². The second-order valence-corrected chi connectivity index (χ2v) is 3.99. The Labute approximate surface area is 71.5 Å². The third-order valence-corrected chi connectivity index (χ3v) is 2.30. The Morgan fingerprint density at radius 3 is 2.36 bits per heavy atom. The van der Waals surface area contributed by atoms with Gasteiger partial charge in [-0.2, -0.15) is 8.42 Å². The number of halogens is 2. The van der Waals surface area contributed by atoms with Gasteiger partial charge in [0.05, 0.1) is 0 Å². The summed E-state index contributed by atoms with van der Waals surface area (Å²) < 4.78 is 37.6. The summed E-state index contributed by atoms with van der Waals surface area (Å²) in [6.45, 7) is 1.45. The lowest BCUT2D eigenvalue weighted by atomic mass is 10.4. The molecule has 0 bridgehead atoms. The first-order chi connectivity index (χ1) is 4.91. The fourth-order valence-electron chi connectivity index (χ4n) is 0.670. The predicted molar refractivity (Wildman–Crippen MR) is 39.4 cm³/mol. The summed E-state index contributed by atoms with van der Waals surface area (Å²) in [6.07, 6.45) is 0. The minimum atomic E-state index is -4.71. The largest absolute Gasteiger partial charge is 0.435 e. The molecule has 1 rings (SSSR count). The summed E-state index contributed by atoms with van der Waals surface area (Å²) in [4.78, 5) is 0. The maximum atomic E-state index is 12.3. The van der Waals surface area contributed by atoms with Gasteiger partial charge in [-0.3, -0.25) is 0 Å². The smallest absolute Gasteiger partial charge is 0.366 e. The first-order valence-electron chi connectivity index (χ1n) is 2.62. The Morgan fingerprint density at radius 1 is 1.64 bits per heavy atom. The van der Waals surface area contributed by atoms with Crippen LogP contribution in [-0.4, -0.2) is 8.42 Å². The topological polar surface area (TPSA) is 47.3 Å². The normalized spacial score (nSPS) is 11.9. The van der Waals surface area contributed by atoms with Crippen LogP contribution in [0.4, 0.5) is 3.89 Å². The molecule has 0 saturated heterocycles. The number of furan rings is 1. The zero-order chi connectivity index (χ0) is 8.65. The lowest BCUT2D eigenvalue weighted by Gasteiger charge is -1.87. The summed E-state index contributed by atoms with van der Waals surface area (Å²) in [7, 11) is -4.71. The van der Waals surface area contributed by atoms with Crippen LogP contribution in [0.25, 0.3) is 0 Å². The third kappa shape index (κ3) is 1.81. The van der Waals surface area contributed by atoms with E-state index in [4.69, 9.17) is 0 Å². The molecular formula is C5H4BrFO3S. The Balaban J connectivity index is 3.36. The molecule has 0 aliphatic rings. The van der Waals surface area contributed by atoms with E-state index in [1.165, 1.54) is 13.0 Å². The van der Waals surface area contributed by atoms with Crippen molar-refractivity contribution in [1.29, 1.82) is 0 Å². The molecule has 0 amide bonds. The van der Waals surface area contributed by atoms with Gasteiger partial charge >= 0.3 is 10.2 Å². The van der Waals surface area contributed by atoms with Gasteiger partial charge in [0.2, 0.25) is 0 Å². The summed E-state index contributed by atoms with van der Waals surface area (Å²) in [6, 6.07) is 1.38. The van der Waals surface area contributed by atoms with Crippen molar-refractivity contribution in [1.82, 2.24) is 0 Å². The SMILES string of the molecule is Cc1cc(Br)oc1S(=O)(=O)F. The molecule has 0 atom stereocenters. The van der Waals surface area contributed by atoms with E-state index in [1.54, 1.807) is 0 Å². The summed E-state index contributed by atoms with van der Waals surface area (Å²) in [5, 5.41) is -0.635. The molecule has 0 aromatic carbocycles. The quantitative estimate of drug-likeness (QED) is 0.708. The number of rotatable bonds is 1. The van der Waals surface area contributed by atoms with Crippen LogP contribution in [0, 0.1) is 6.92 Å². The van der Waals surface area contributed by atoms with Gasteiger partial charge in [-0.15, -0.1) is 0 Å². The Bertz CT molecular complexity index is 367. The fourth-order valence-corrected chi connectivity index (χ4v) is 1.91. The van der Waals surface area contributed by atoms with Crippen LogP contribution in [0.3, 0.4) is 0 Å². The average molecular weight is 243 g/mol. The van der Waals surface area contributed by atoms with Crippen molar-refractivity contribution in [3.8, 4) is 0 Å². The lowest BCUT2D eigenvalue weighted by Crippen LogP contribution is -1.90. The molecule has 3 nitrogen and oxygen atoms in total. The molecule has 0 spiro atoms. The minimum absolute atomic E-state index is 0.200. The Kier molecular flexibility index (Phi) is 2.06. The van der Waals surface area contributed by atoms with Crippen LogP contribution in [0.5, 0.6) is 0 Å². The molecule has 11 heavy (non-hydrogen) atoms. The van der Waals surface area contributed by atoms with Crippen molar-refractivity contribution in [3.63, 3.8) is 0 Å². The van der Waals surface area contributed by atoms with E-state index in [-0.39, 0.29) is 10.2 Å². The van der Waals surface area contributed by atoms with Gasteiger partial charge in [0, 0.05) is 5.56 Å². The van der Waals surface area contributed by atoms with Crippen molar-refractivity contribution in [2.24, 2.45) is 0 Å². The fraction of sp³-hybridized carbons (Fsp3) is 0.200. The van der Waals surface area contributed by atoms with Crippen molar-refractivity contribution in [2.75, 3.05) is 0 Å². The van der Waals surface area contributed by atoms with E-state index < -0.39 is 15.3 Å². The Hall–Kier alpha value is -0.360. The summed E-state index contributed by atoms with van der Waals surface area (Å²) in [5.74, 6) is 0. The molecule has 0 unspecified atom stereocenters. The molecule has 0 N–H and O–H groups in total. The van der Waals surface area contributed by atoms with Crippen LogP contribution in [0.1, 0.15) is 5.56 Å². The van der Waals surface area contributed by atoms with Crippen LogP contribution in [-0.2, 0) is 10.2 Å². The van der Waals surface area contributed by atoms with Crippen LogP contribution in [0.15, 0.2) is 20.2 Å². The molecule has 0 aliphatic carbocycles. The highest BCUT2D eigenvalue weighted by molar-refractivity contribution is 9.10. The summed E-state index contributed by atoms with van der Waals surface area (Å²) in [5.41, 5.74) is 0.249. The van der Waals surface area contributed by atoms with Gasteiger partial charge in [0.1, 0.15) is 0 Å². The number of hydrogen-bond donors (Lipinski definition) is 0. The van der Waals surface area contributed by atoms with Crippen molar-refractivity contribution >= 4 is 26.2 Å². The standard InChI is InChI=1S/C5H4BrFO3S/c1-3-2-4(6)10-5(3)11(7,8)9/h2H,1H3. The summed E-state index contributed by atoms with van der Waals surface area (Å²) >= 11 is 2.88. The predicted octanol–water partition coefficient (Wildman–Crippen LogP) is 2.01. The van der Waals surface area contributed by atoms with E-state index in [2.05, 4.69) is 20.3 Å². The highest BCUT2D eigenvalue weighted by atomic mass is 79.9. The van der Waals surface area contributed by atoms with E-state index in [1.807, 2.05) is 0 Å². The maximum absolute atomic E-state index is 12.3. The second kappa shape index (κ2) is 2.60. The maximum Gasteiger partial charge on any atom is 0.366 e. The molecule has 0 fully saturated rings. The highest BCUT2D eigenvalue weighted by Crippen LogP contribution is 2.24. The third-order valence-electron chi connectivity index (χ3n) is 1.06. The second-order valence-electron chi connectivity index (χ2n) is 1.96. The van der Waals surface area contributed by atoms with E-state index in [9.17, 15) is 12.3 Å². The molecule has 1 heterocycles. The first-order valence-corrected chi connectivity index (χ1v) is 4.79. The van der Waals surface area contributed by atoms with Gasteiger partial charge in [-0.1, -0.05) is 3.89 Å². The van der Waals surface area contributed by atoms with E-state index in [0.717, 1.165) is 0 Å². The number of aryl methyl sites for hydroxylation is 1. The van der Waals surface area contributed by atoms with E-state index in [0.29, 0.717) is 0 Å². The molecule has 0 saturated carbocycles. The highest BCUT2D eigenvalue weighted by Gasteiger charge is 2.20. The zero-order valence-electron chi connectivity index (χ0n) is 5.47. The number of hydrogen-bond acceptors (Lipinski definition) is 3. The van der Waals surface area contributed by atoms with Gasteiger partial charge < -0.3 is 4.42 Å². The molecule has 1 aromatic heterocycles. The first kappa shape index (κ1) is 8.73. The zero-order valence-corrected chi connectivity index (χ0v) is 7.87. The lowest BCUT2D eigenvalue weighted by molar-refractivity contribution is 0.415. The van der Waals surface area contributed by atoms with Gasteiger partial charge in [0.15, 0.2) is 4.67 Å². The Morgan fingerprint density at radius 2 is 2.18 bits per heavy atom. The van der Waals surface area contributed by atoms with Crippen molar-refractivity contribution < 1.29 is 16.7 Å². The van der Waals surface area contributed by atoms with Crippen molar-refractivity contribution in [3.05, 3.63) is 16.3 Å². The molecule has 1 aromatic rings. The van der Waals surface area contributed by atoms with Crippen molar-refractivity contribution in [2.45, 2.75) is 12.0 Å². The minimum Gasteiger partial charge on any atom is -0.435 e. The molecule has 62 valence electrons. The van der Waals surface area contributed by atoms with Crippen LogP contribution < -0.4 is 0 Å². The molecule has 0 aliphatic heterocycles. The monoisotopic (exact) mass is 242 g/mol.